The standard InChI is InChI=1S/C13H25N3O3/c1-9(10(17)16-11(15)18)19-13(8-14)6-4-12(2,3)5-7-13/h9H,4-8,14H2,1-3H3,(H3,15,16,17,18). The fourth-order valence-electron chi connectivity index (χ4n) is 2.40. The van der Waals surface area contributed by atoms with Gasteiger partial charge in [-0.25, -0.2) is 4.79 Å². The lowest BCUT2D eigenvalue weighted by atomic mass is 9.71. The molecular formula is C13H25N3O3. The molecule has 0 aliphatic heterocycles. The van der Waals surface area contributed by atoms with E-state index in [-0.39, 0.29) is 0 Å². The van der Waals surface area contributed by atoms with Crippen LogP contribution in [0.5, 0.6) is 0 Å². The molecule has 0 bridgehead atoms. The van der Waals surface area contributed by atoms with E-state index in [1.54, 1.807) is 6.92 Å². The molecular weight excluding hydrogens is 246 g/mol. The Kier molecular flexibility index (Phi) is 4.92. The first-order chi connectivity index (χ1) is 8.70. The second kappa shape index (κ2) is 5.88. The summed E-state index contributed by atoms with van der Waals surface area (Å²) in [7, 11) is 0. The van der Waals surface area contributed by atoms with Crippen LogP contribution in [0, 0.1) is 5.41 Å². The lowest BCUT2D eigenvalue weighted by molar-refractivity contribution is -0.151. The Labute approximate surface area is 114 Å². The molecule has 5 N–H and O–H groups in total. The fourth-order valence-corrected chi connectivity index (χ4v) is 2.40. The normalized spacial score (nSPS) is 22.5. The van der Waals surface area contributed by atoms with Gasteiger partial charge in [0, 0.05) is 6.54 Å². The van der Waals surface area contributed by atoms with Gasteiger partial charge >= 0.3 is 6.03 Å². The van der Waals surface area contributed by atoms with Crippen LogP contribution in [0.3, 0.4) is 0 Å². The second-order valence-electron chi connectivity index (χ2n) is 6.16. The van der Waals surface area contributed by atoms with Gasteiger partial charge in [-0.15, -0.1) is 0 Å². The molecule has 1 saturated carbocycles. The van der Waals surface area contributed by atoms with Crippen LogP contribution in [0.1, 0.15) is 46.5 Å². The van der Waals surface area contributed by atoms with Crippen molar-refractivity contribution in [1.82, 2.24) is 5.32 Å². The molecule has 6 heteroatoms. The molecule has 0 aromatic carbocycles. The van der Waals surface area contributed by atoms with E-state index in [4.69, 9.17) is 16.2 Å². The fraction of sp³-hybridized carbons (Fsp3) is 0.846. The highest BCUT2D eigenvalue weighted by Crippen LogP contribution is 2.42. The molecule has 19 heavy (non-hydrogen) atoms. The van der Waals surface area contributed by atoms with E-state index in [1.165, 1.54) is 0 Å². The molecule has 0 heterocycles. The predicted molar refractivity (Wildman–Crippen MR) is 72.3 cm³/mol. The summed E-state index contributed by atoms with van der Waals surface area (Å²) >= 11 is 0. The summed E-state index contributed by atoms with van der Waals surface area (Å²) in [5.74, 6) is -0.523. The highest BCUT2D eigenvalue weighted by molar-refractivity contribution is 5.95. The SMILES string of the molecule is CC(OC1(CN)CCC(C)(C)CC1)C(=O)NC(N)=O. The van der Waals surface area contributed by atoms with E-state index < -0.39 is 23.6 Å². The second-order valence-corrected chi connectivity index (χ2v) is 6.16. The van der Waals surface area contributed by atoms with Crippen molar-refractivity contribution in [1.29, 1.82) is 0 Å². The van der Waals surface area contributed by atoms with Crippen molar-refractivity contribution in [3.63, 3.8) is 0 Å². The number of nitrogens with two attached hydrogens (primary N) is 2. The third kappa shape index (κ3) is 4.47. The summed E-state index contributed by atoms with van der Waals surface area (Å²) in [6.07, 6.45) is 2.93. The number of amides is 3. The Morgan fingerprint density at radius 1 is 1.26 bits per heavy atom. The number of carbonyl (C=O) groups is 2. The van der Waals surface area contributed by atoms with Crippen LogP contribution < -0.4 is 16.8 Å². The Bertz CT molecular complexity index is 345. The molecule has 1 fully saturated rings. The third-order valence-electron chi connectivity index (χ3n) is 3.93. The van der Waals surface area contributed by atoms with E-state index >= 15 is 0 Å². The summed E-state index contributed by atoms with van der Waals surface area (Å²) in [6, 6.07) is -0.868. The maximum absolute atomic E-state index is 11.6. The average Bonchev–Trinajstić information content (AvgIpc) is 2.31. The van der Waals surface area contributed by atoms with Crippen LogP contribution in [-0.2, 0) is 9.53 Å². The van der Waals surface area contributed by atoms with Crippen molar-refractivity contribution in [2.24, 2.45) is 16.9 Å². The van der Waals surface area contributed by atoms with Gasteiger partial charge in [0.05, 0.1) is 5.60 Å². The maximum atomic E-state index is 11.6. The zero-order valence-corrected chi connectivity index (χ0v) is 12.0. The van der Waals surface area contributed by atoms with E-state index in [0.717, 1.165) is 25.7 Å². The molecule has 1 unspecified atom stereocenters. The van der Waals surface area contributed by atoms with Crippen molar-refractivity contribution >= 4 is 11.9 Å². The Hall–Kier alpha value is -1.14. The molecule has 0 aromatic rings. The van der Waals surface area contributed by atoms with Crippen LogP contribution in [0.2, 0.25) is 0 Å². The summed E-state index contributed by atoms with van der Waals surface area (Å²) in [5, 5.41) is 2.02. The zero-order valence-electron chi connectivity index (χ0n) is 12.0. The molecule has 3 amide bonds. The van der Waals surface area contributed by atoms with Crippen LogP contribution in [-0.4, -0.2) is 30.2 Å². The predicted octanol–water partition coefficient (Wildman–Crippen LogP) is 0.884. The molecule has 1 rings (SSSR count). The number of ether oxygens (including phenoxy) is 1. The zero-order chi connectivity index (χ0) is 14.7. The first-order valence-corrected chi connectivity index (χ1v) is 6.68. The summed E-state index contributed by atoms with van der Waals surface area (Å²) in [6.45, 7) is 6.42. The number of primary amides is 1. The van der Waals surface area contributed by atoms with Crippen LogP contribution >= 0.6 is 0 Å². The van der Waals surface area contributed by atoms with E-state index in [2.05, 4.69) is 13.8 Å². The molecule has 0 spiro atoms. The van der Waals surface area contributed by atoms with Crippen molar-refractivity contribution < 1.29 is 14.3 Å². The van der Waals surface area contributed by atoms with Crippen LogP contribution in [0.15, 0.2) is 0 Å². The molecule has 1 aliphatic rings. The first kappa shape index (κ1) is 15.9. The minimum Gasteiger partial charge on any atom is -0.361 e. The van der Waals surface area contributed by atoms with Gasteiger partial charge < -0.3 is 16.2 Å². The van der Waals surface area contributed by atoms with Gasteiger partial charge in [0.15, 0.2) is 0 Å². The van der Waals surface area contributed by atoms with Crippen molar-refractivity contribution in [3.05, 3.63) is 0 Å². The lowest BCUT2D eigenvalue weighted by Crippen LogP contribution is -2.51. The van der Waals surface area contributed by atoms with Crippen molar-refractivity contribution in [2.75, 3.05) is 6.54 Å². The van der Waals surface area contributed by atoms with Gasteiger partial charge in [0.25, 0.3) is 5.91 Å². The van der Waals surface area contributed by atoms with E-state index in [0.29, 0.717) is 12.0 Å². The summed E-state index contributed by atoms with van der Waals surface area (Å²) in [5.41, 5.74) is 10.6. The first-order valence-electron chi connectivity index (χ1n) is 6.68. The number of hydrogen-bond acceptors (Lipinski definition) is 4. The average molecular weight is 271 g/mol. The van der Waals surface area contributed by atoms with Crippen molar-refractivity contribution in [2.45, 2.75) is 58.2 Å². The van der Waals surface area contributed by atoms with Gasteiger partial charge in [0.2, 0.25) is 0 Å². The minimum absolute atomic E-state index is 0.292. The molecule has 1 atom stereocenters. The van der Waals surface area contributed by atoms with Crippen molar-refractivity contribution in [3.8, 4) is 0 Å². The number of hydrogen-bond donors (Lipinski definition) is 3. The van der Waals surface area contributed by atoms with Gasteiger partial charge in [-0.05, 0) is 38.0 Å². The Balaban J connectivity index is 2.62. The highest BCUT2D eigenvalue weighted by Gasteiger charge is 2.40. The lowest BCUT2D eigenvalue weighted by Gasteiger charge is -2.43. The molecule has 0 saturated heterocycles. The van der Waals surface area contributed by atoms with Crippen LogP contribution in [0.4, 0.5) is 4.79 Å². The third-order valence-corrected chi connectivity index (χ3v) is 3.93. The minimum atomic E-state index is -0.868. The summed E-state index contributed by atoms with van der Waals surface area (Å²) < 4.78 is 5.84. The molecule has 0 aromatic heterocycles. The number of imide groups is 1. The maximum Gasteiger partial charge on any atom is 0.318 e. The molecule has 6 nitrogen and oxygen atoms in total. The monoisotopic (exact) mass is 271 g/mol. The number of carbonyl (C=O) groups excluding carboxylic acids is 2. The topological polar surface area (TPSA) is 107 Å². The molecule has 0 radical (unpaired) electrons. The van der Waals surface area contributed by atoms with E-state index in [9.17, 15) is 9.59 Å². The van der Waals surface area contributed by atoms with E-state index in [1.807, 2.05) is 5.32 Å². The number of nitrogens with one attached hydrogen (secondary N) is 1. The highest BCUT2D eigenvalue weighted by atomic mass is 16.5. The van der Waals surface area contributed by atoms with Gasteiger partial charge in [-0.1, -0.05) is 13.8 Å². The Morgan fingerprint density at radius 2 is 1.79 bits per heavy atom. The Morgan fingerprint density at radius 3 is 2.21 bits per heavy atom. The number of urea groups is 1. The van der Waals surface area contributed by atoms with Gasteiger partial charge in [-0.3, -0.25) is 10.1 Å². The largest absolute Gasteiger partial charge is 0.361 e. The van der Waals surface area contributed by atoms with Gasteiger partial charge in [-0.2, -0.15) is 0 Å². The number of rotatable bonds is 4. The van der Waals surface area contributed by atoms with Crippen LogP contribution in [0.25, 0.3) is 0 Å². The quantitative estimate of drug-likeness (QED) is 0.705. The smallest absolute Gasteiger partial charge is 0.318 e. The molecule has 1 aliphatic carbocycles. The molecule has 110 valence electrons. The summed E-state index contributed by atoms with van der Waals surface area (Å²) in [4.78, 5) is 22.3. The van der Waals surface area contributed by atoms with Gasteiger partial charge in [0.1, 0.15) is 6.10 Å².